The minimum Gasteiger partial charge on any atom is -0.491 e. The molecular weight excluding hydrogens is 486 g/mol. The number of aryl methyl sites for hydroxylation is 1. The van der Waals surface area contributed by atoms with Crippen molar-refractivity contribution in [1.82, 2.24) is 14.8 Å². The second-order valence-electron chi connectivity index (χ2n) is 7.68. The molecule has 0 aliphatic heterocycles. The predicted molar refractivity (Wildman–Crippen MR) is 134 cm³/mol. The number of sulfone groups is 1. The fourth-order valence-electron chi connectivity index (χ4n) is 3.43. The van der Waals surface area contributed by atoms with Gasteiger partial charge in [0.05, 0.1) is 6.54 Å². The Balaban J connectivity index is 1.55. The van der Waals surface area contributed by atoms with Crippen LogP contribution in [-0.4, -0.2) is 42.0 Å². The highest BCUT2D eigenvalue weighted by Crippen LogP contribution is 2.25. The molecule has 0 spiro atoms. The van der Waals surface area contributed by atoms with Gasteiger partial charge in [-0.3, -0.25) is 10.1 Å². The average Bonchev–Trinajstić information content (AvgIpc) is 3.44. The molecule has 0 aliphatic carbocycles. The van der Waals surface area contributed by atoms with Crippen LogP contribution in [0.4, 0.5) is 5.13 Å². The number of amides is 1. The lowest BCUT2D eigenvalue weighted by Gasteiger charge is -2.10. The normalized spacial score (nSPS) is 11.9. The third-order valence-electron chi connectivity index (χ3n) is 5.11. The Hall–Kier alpha value is -4.01. The van der Waals surface area contributed by atoms with Gasteiger partial charge in [-0.25, -0.2) is 8.42 Å². The molecule has 4 rings (SSSR count). The van der Waals surface area contributed by atoms with E-state index < -0.39 is 15.7 Å². The van der Waals surface area contributed by atoms with E-state index in [1.54, 1.807) is 0 Å². The molecule has 178 valence electrons. The maximum Gasteiger partial charge on any atom is 0.268 e. The average molecular weight is 508 g/mol. The van der Waals surface area contributed by atoms with Crippen LogP contribution in [0.15, 0.2) is 64.6 Å². The van der Waals surface area contributed by atoms with E-state index >= 15 is 0 Å². The first-order chi connectivity index (χ1) is 16.8. The number of nitrogens with one attached hydrogen (secondary N) is 1. The van der Waals surface area contributed by atoms with Gasteiger partial charge in [-0.2, -0.15) is 5.26 Å². The molecule has 0 unspecified atom stereocenters. The predicted octanol–water partition coefficient (Wildman–Crippen LogP) is 3.83. The van der Waals surface area contributed by atoms with Crippen molar-refractivity contribution in [1.29, 1.82) is 5.26 Å². The van der Waals surface area contributed by atoms with E-state index in [1.165, 1.54) is 6.08 Å². The first-order valence-corrected chi connectivity index (χ1v) is 13.2. The van der Waals surface area contributed by atoms with Crippen molar-refractivity contribution in [3.8, 4) is 11.8 Å². The lowest BCUT2D eigenvalue weighted by atomic mass is 10.1. The number of benzene rings is 2. The molecule has 0 saturated carbocycles. The molecule has 1 amide bonds. The fourth-order valence-corrected chi connectivity index (χ4v) is 4.93. The topological polar surface area (TPSA) is 127 Å². The van der Waals surface area contributed by atoms with Crippen LogP contribution < -0.4 is 10.1 Å². The summed E-state index contributed by atoms with van der Waals surface area (Å²) in [5, 5.41) is 20.1. The lowest BCUT2D eigenvalue weighted by molar-refractivity contribution is -0.112. The van der Waals surface area contributed by atoms with Crippen LogP contribution >= 0.6 is 11.3 Å². The molecule has 2 aromatic heterocycles. The van der Waals surface area contributed by atoms with Crippen molar-refractivity contribution < 1.29 is 17.9 Å². The van der Waals surface area contributed by atoms with Gasteiger partial charge in [-0.05, 0) is 30.7 Å². The fraction of sp³-hybridized carbons (Fsp3) is 0.167. The van der Waals surface area contributed by atoms with Gasteiger partial charge in [0.25, 0.3) is 5.91 Å². The van der Waals surface area contributed by atoms with E-state index in [4.69, 9.17) is 4.74 Å². The number of carbonyl (C=O) groups excluding carboxylic acids is 1. The van der Waals surface area contributed by atoms with Gasteiger partial charge in [0.2, 0.25) is 19.3 Å². The monoisotopic (exact) mass is 507 g/mol. The summed E-state index contributed by atoms with van der Waals surface area (Å²) in [6.45, 7) is 3.00. The molecule has 0 saturated heterocycles. The Morgan fingerprint density at radius 3 is 2.66 bits per heavy atom. The number of carbonyl (C=O) groups is 1. The minimum atomic E-state index is -3.54. The van der Waals surface area contributed by atoms with Crippen molar-refractivity contribution in [2.75, 3.05) is 18.2 Å². The molecule has 2 heterocycles. The Kier molecular flexibility index (Phi) is 6.95. The van der Waals surface area contributed by atoms with Crippen molar-refractivity contribution in [2.24, 2.45) is 0 Å². The number of nitriles is 1. The van der Waals surface area contributed by atoms with Crippen molar-refractivity contribution >= 4 is 49.2 Å². The molecule has 0 bridgehead atoms. The Morgan fingerprint density at radius 1 is 1.20 bits per heavy atom. The maximum absolute atomic E-state index is 12.7. The summed E-state index contributed by atoms with van der Waals surface area (Å²) in [6.07, 6.45) is 4.36. The molecule has 9 nitrogen and oxygen atoms in total. The molecule has 11 heteroatoms. The molecule has 0 atom stereocenters. The smallest absolute Gasteiger partial charge is 0.268 e. The van der Waals surface area contributed by atoms with Crippen molar-refractivity contribution in [3.05, 3.63) is 71.4 Å². The molecule has 0 fully saturated rings. The number of rotatable bonds is 8. The highest BCUT2D eigenvalue weighted by atomic mass is 32.2. The Morgan fingerprint density at radius 2 is 1.94 bits per heavy atom. The molecule has 0 radical (unpaired) electrons. The summed E-state index contributed by atoms with van der Waals surface area (Å²) in [5.74, 6) is 0.117. The van der Waals surface area contributed by atoms with Crippen LogP contribution in [0, 0.1) is 18.3 Å². The van der Waals surface area contributed by atoms with E-state index in [0.717, 1.165) is 39.8 Å². The zero-order valence-electron chi connectivity index (χ0n) is 18.9. The third kappa shape index (κ3) is 5.56. The summed E-state index contributed by atoms with van der Waals surface area (Å²) < 4.78 is 30.9. The number of nitrogens with zero attached hydrogens (tertiary/aromatic N) is 4. The highest BCUT2D eigenvalue weighted by Gasteiger charge is 2.18. The molecule has 2 aromatic carbocycles. The van der Waals surface area contributed by atoms with Crippen LogP contribution in [0.2, 0.25) is 0 Å². The van der Waals surface area contributed by atoms with Gasteiger partial charge >= 0.3 is 0 Å². The number of fused-ring (bicyclic) bond motifs is 1. The zero-order valence-corrected chi connectivity index (χ0v) is 20.6. The lowest BCUT2D eigenvalue weighted by Crippen LogP contribution is -2.13. The summed E-state index contributed by atoms with van der Waals surface area (Å²) in [4.78, 5) is 12.7. The van der Waals surface area contributed by atoms with Crippen LogP contribution in [0.5, 0.6) is 5.75 Å². The van der Waals surface area contributed by atoms with Crippen LogP contribution in [0.25, 0.3) is 17.0 Å². The maximum atomic E-state index is 12.7. The number of ether oxygens (including phenoxy) is 1. The zero-order chi connectivity index (χ0) is 25.0. The number of anilines is 1. The van der Waals surface area contributed by atoms with Gasteiger partial charge < -0.3 is 9.30 Å². The number of hydrogen-bond donors (Lipinski definition) is 1. The second kappa shape index (κ2) is 10.1. The molecule has 35 heavy (non-hydrogen) atoms. The number of hydrogen-bond acceptors (Lipinski definition) is 8. The van der Waals surface area contributed by atoms with Crippen LogP contribution in [0.3, 0.4) is 0 Å². The summed E-state index contributed by atoms with van der Waals surface area (Å²) >= 11 is 0.720. The van der Waals surface area contributed by atoms with Gasteiger partial charge in [0.1, 0.15) is 24.0 Å². The first-order valence-electron chi connectivity index (χ1n) is 10.5. The second-order valence-corrected chi connectivity index (χ2v) is 10.8. The van der Waals surface area contributed by atoms with E-state index in [9.17, 15) is 18.5 Å². The van der Waals surface area contributed by atoms with Gasteiger partial charge in [-0.15, -0.1) is 10.2 Å². The molecule has 0 aliphatic rings. The molecular formula is C24H21N5O4S2. The Labute approximate surface area is 206 Å². The summed E-state index contributed by atoms with van der Waals surface area (Å²) in [6, 6.07) is 17.4. The highest BCUT2D eigenvalue weighted by molar-refractivity contribution is 7.92. The number of para-hydroxylation sites is 2. The third-order valence-corrected chi connectivity index (χ3v) is 7.62. The Bertz CT molecular complexity index is 1580. The van der Waals surface area contributed by atoms with E-state index in [-0.39, 0.29) is 15.0 Å². The van der Waals surface area contributed by atoms with Gasteiger partial charge in [0, 0.05) is 28.9 Å². The summed E-state index contributed by atoms with van der Waals surface area (Å²) in [7, 11) is -3.54. The van der Waals surface area contributed by atoms with Gasteiger partial charge in [0.15, 0.2) is 0 Å². The quantitative estimate of drug-likeness (QED) is 0.218. The molecule has 4 aromatic rings. The van der Waals surface area contributed by atoms with E-state index in [0.29, 0.717) is 18.7 Å². The number of aromatic nitrogens is 3. The van der Waals surface area contributed by atoms with Gasteiger partial charge in [-0.1, -0.05) is 47.7 Å². The molecule has 1 N–H and O–H groups in total. The van der Waals surface area contributed by atoms with Crippen LogP contribution in [-0.2, 0) is 21.2 Å². The summed E-state index contributed by atoms with van der Waals surface area (Å²) in [5.41, 5.74) is 2.53. The SMILES string of the molecule is Cc1ccccc1OCCn1cc(/C=C(/C#N)C(=O)Nc2nnc(S(C)(=O)=O)s2)c2ccccc21. The van der Waals surface area contributed by atoms with E-state index in [1.807, 2.05) is 72.3 Å². The largest absolute Gasteiger partial charge is 0.491 e. The van der Waals surface area contributed by atoms with Crippen molar-refractivity contribution in [2.45, 2.75) is 17.8 Å². The van der Waals surface area contributed by atoms with Crippen LogP contribution in [0.1, 0.15) is 11.1 Å². The van der Waals surface area contributed by atoms with Crippen molar-refractivity contribution in [3.63, 3.8) is 0 Å². The first kappa shape index (κ1) is 24.1. The standard InChI is InChI=1S/C24H21N5O4S2/c1-16-7-3-6-10-21(16)33-12-11-29-15-18(19-8-4-5-9-20(19)29)13-17(14-25)22(30)26-23-27-28-24(34-23)35(2,31)32/h3-10,13,15H,11-12H2,1-2H3,(H,26,27,30)/b17-13-. The minimum absolute atomic E-state index is 0.00708. The van der Waals surface area contributed by atoms with E-state index in [2.05, 4.69) is 15.5 Å².